The minimum atomic E-state index is -0.230. The van der Waals surface area contributed by atoms with Gasteiger partial charge in [0.2, 0.25) is 5.91 Å². The van der Waals surface area contributed by atoms with Crippen molar-refractivity contribution in [1.82, 2.24) is 10.2 Å². The van der Waals surface area contributed by atoms with Crippen molar-refractivity contribution in [3.05, 3.63) is 0 Å². The number of nitrogens with one attached hydrogen (secondary N) is 1. The molecule has 2 aliphatic rings. The summed E-state index contributed by atoms with van der Waals surface area (Å²) < 4.78 is 5.17. The van der Waals surface area contributed by atoms with Crippen molar-refractivity contribution in [2.75, 3.05) is 19.6 Å². The molecule has 0 bridgehead atoms. The normalized spacial score (nSPS) is 23.0. The number of nitrogens with zero attached hydrogens (tertiary/aromatic N) is 1. The van der Waals surface area contributed by atoms with Gasteiger partial charge < -0.3 is 15.0 Å². The molecule has 5 heteroatoms. The van der Waals surface area contributed by atoms with Crippen LogP contribution in [-0.4, -0.2) is 42.6 Å². The van der Waals surface area contributed by atoms with Crippen LogP contribution in [0.25, 0.3) is 0 Å². The first-order valence-electron chi connectivity index (χ1n) is 6.23. The third-order valence-corrected chi connectivity index (χ3v) is 3.61. The van der Waals surface area contributed by atoms with Gasteiger partial charge in [0.15, 0.2) is 0 Å². The molecule has 5 nitrogen and oxygen atoms in total. The molecule has 0 saturated carbocycles. The molecule has 2 heterocycles. The van der Waals surface area contributed by atoms with Crippen LogP contribution in [-0.2, 0) is 9.53 Å². The second kappa shape index (κ2) is 4.55. The van der Waals surface area contributed by atoms with Gasteiger partial charge in [-0.25, -0.2) is 4.79 Å². The first kappa shape index (κ1) is 12.2. The lowest BCUT2D eigenvalue weighted by molar-refractivity contribution is -0.119. The topological polar surface area (TPSA) is 58.6 Å². The van der Waals surface area contributed by atoms with Crippen LogP contribution in [0, 0.1) is 5.41 Å². The molecule has 2 aliphatic heterocycles. The lowest BCUT2D eigenvalue weighted by Crippen LogP contribution is -2.44. The van der Waals surface area contributed by atoms with Crippen LogP contribution in [0.15, 0.2) is 0 Å². The summed E-state index contributed by atoms with van der Waals surface area (Å²) in [6.07, 6.45) is 2.08. The number of likely N-dealkylation sites (tertiary alicyclic amines) is 1. The van der Waals surface area contributed by atoms with E-state index < -0.39 is 0 Å². The van der Waals surface area contributed by atoms with E-state index in [0.717, 1.165) is 19.4 Å². The molecular weight excluding hydrogens is 220 g/mol. The van der Waals surface area contributed by atoms with Crippen molar-refractivity contribution in [3.63, 3.8) is 0 Å². The molecule has 1 spiro atoms. The molecule has 0 aromatic rings. The number of hydrogen-bond donors (Lipinski definition) is 1. The number of carbonyl (C=O) groups excluding carboxylic acids is 2. The summed E-state index contributed by atoms with van der Waals surface area (Å²) in [4.78, 5) is 24.7. The van der Waals surface area contributed by atoms with E-state index in [9.17, 15) is 9.59 Å². The van der Waals surface area contributed by atoms with Gasteiger partial charge >= 0.3 is 6.09 Å². The fraction of sp³-hybridized carbons (Fsp3) is 0.833. The van der Waals surface area contributed by atoms with E-state index in [0.29, 0.717) is 19.5 Å². The standard InChI is InChI=1S/C12H20N2O3/c1-9(2)17-11(16)14-5-3-12(4-6-14)7-10(15)13-8-12/h9H,3-8H2,1-2H3,(H,13,15). The van der Waals surface area contributed by atoms with Gasteiger partial charge in [0.1, 0.15) is 0 Å². The van der Waals surface area contributed by atoms with E-state index in [2.05, 4.69) is 5.32 Å². The first-order chi connectivity index (χ1) is 8.01. The monoisotopic (exact) mass is 240 g/mol. The predicted molar refractivity (Wildman–Crippen MR) is 62.5 cm³/mol. The van der Waals surface area contributed by atoms with Crippen molar-refractivity contribution in [2.24, 2.45) is 5.41 Å². The van der Waals surface area contributed by atoms with Gasteiger partial charge in [-0.1, -0.05) is 0 Å². The first-order valence-corrected chi connectivity index (χ1v) is 6.23. The van der Waals surface area contributed by atoms with Crippen LogP contribution in [0.5, 0.6) is 0 Å². The summed E-state index contributed by atoms with van der Waals surface area (Å²) in [5, 5.41) is 2.88. The van der Waals surface area contributed by atoms with Crippen LogP contribution in [0.1, 0.15) is 33.1 Å². The molecule has 1 N–H and O–H groups in total. The maximum absolute atomic E-state index is 11.7. The minimum Gasteiger partial charge on any atom is -0.447 e. The van der Waals surface area contributed by atoms with Crippen LogP contribution < -0.4 is 5.32 Å². The highest BCUT2D eigenvalue weighted by Gasteiger charge is 2.41. The molecule has 17 heavy (non-hydrogen) atoms. The number of amides is 2. The van der Waals surface area contributed by atoms with Gasteiger partial charge in [-0.3, -0.25) is 4.79 Å². The number of carbonyl (C=O) groups is 2. The maximum Gasteiger partial charge on any atom is 0.410 e. The zero-order valence-corrected chi connectivity index (χ0v) is 10.5. The van der Waals surface area contributed by atoms with Gasteiger partial charge in [-0.2, -0.15) is 0 Å². The third-order valence-electron chi connectivity index (χ3n) is 3.61. The molecule has 0 atom stereocenters. The molecule has 0 aromatic heterocycles. The van der Waals surface area contributed by atoms with Crippen LogP contribution in [0.4, 0.5) is 4.79 Å². The van der Waals surface area contributed by atoms with Crippen LogP contribution in [0.2, 0.25) is 0 Å². The molecule has 2 fully saturated rings. The van der Waals surface area contributed by atoms with E-state index in [4.69, 9.17) is 4.74 Å². The lowest BCUT2D eigenvalue weighted by Gasteiger charge is -2.37. The molecule has 0 aromatic carbocycles. The summed E-state index contributed by atoms with van der Waals surface area (Å²) in [6, 6.07) is 0. The number of hydrogen-bond acceptors (Lipinski definition) is 3. The van der Waals surface area contributed by atoms with Crippen molar-refractivity contribution >= 4 is 12.0 Å². The summed E-state index contributed by atoms with van der Waals surface area (Å²) in [6.45, 7) is 5.85. The quantitative estimate of drug-likeness (QED) is 0.747. The van der Waals surface area contributed by atoms with Crippen molar-refractivity contribution in [3.8, 4) is 0 Å². The van der Waals surface area contributed by atoms with Crippen LogP contribution >= 0.6 is 0 Å². The highest BCUT2D eigenvalue weighted by Crippen LogP contribution is 2.37. The Hall–Kier alpha value is -1.26. The fourth-order valence-corrected chi connectivity index (χ4v) is 2.55. The van der Waals surface area contributed by atoms with E-state index in [1.54, 1.807) is 4.90 Å². The second-order valence-corrected chi connectivity index (χ2v) is 5.37. The smallest absolute Gasteiger partial charge is 0.410 e. The van der Waals surface area contributed by atoms with Crippen LogP contribution in [0.3, 0.4) is 0 Å². The van der Waals surface area contributed by atoms with Gasteiger partial charge in [-0.05, 0) is 32.1 Å². The van der Waals surface area contributed by atoms with E-state index in [1.807, 2.05) is 13.8 Å². The number of piperidine rings is 1. The Kier molecular flexibility index (Phi) is 3.26. The second-order valence-electron chi connectivity index (χ2n) is 5.37. The molecule has 0 radical (unpaired) electrons. The third kappa shape index (κ3) is 2.70. The largest absolute Gasteiger partial charge is 0.447 e. The van der Waals surface area contributed by atoms with Gasteiger partial charge in [0, 0.05) is 26.1 Å². The molecule has 2 rings (SSSR count). The average Bonchev–Trinajstić information content (AvgIpc) is 2.60. The number of ether oxygens (including phenoxy) is 1. The summed E-state index contributed by atoms with van der Waals surface area (Å²) in [5.74, 6) is 0.142. The summed E-state index contributed by atoms with van der Waals surface area (Å²) in [7, 11) is 0. The molecule has 0 unspecified atom stereocenters. The minimum absolute atomic E-state index is 0.0758. The maximum atomic E-state index is 11.7. The molecule has 96 valence electrons. The summed E-state index contributed by atoms with van der Waals surface area (Å²) in [5.41, 5.74) is 0.0890. The molecule has 2 saturated heterocycles. The fourth-order valence-electron chi connectivity index (χ4n) is 2.55. The SMILES string of the molecule is CC(C)OC(=O)N1CCC2(CC1)CNC(=O)C2. The highest BCUT2D eigenvalue weighted by atomic mass is 16.6. The summed E-state index contributed by atoms with van der Waals surface area (Å²) >= 11 is 0. The Morgan fingerprint density at radius 1 is 1.41 bits per heavy atom. The predicted octanol–water partition coefficient (Wildman–Crippen LogP) is 1.13. The van der Waals surface area contributed by atoms with Crippen molar-refractivity contribution in [1.29, 1.82) is 0 Å². The Morgan fingerprint density at radius 3 is 2.53 bits per heavy atom. The van der Waals surface area contributed by atoms with E-state index in [1.165, 1.54) is 0 Å². The van der Waals surface area contributed by atoms with E-state index in [-0.39, 0.29) is 23.5 Å². The zero-order chi connectivity index (χ0) is 12.5. The van der Waals surface area contributed by atoms with E-state index >= 15 is 0 Å². The van der Waals surface area contributed by atoms with Crippen molar-refractivity contribution in [2.45, 2.75) is 39.2 Å². The average molecular weight is 240 g/mol. The Labute approximate surface area is 101 Å². The Bertz CT molecular complexity index is 320. The Morgan fingerprint density at radius 2 is 2.06 bits per heavy atom. The van der Waals surface area contributed by atoms with Gasteiger partial charge in [0.25, 0.3) is 0 Å². The molecule has 0 aliphatic carbocycles. The zero-order valence-electron chi connectivity index (χ0n) is 10.5. The highest BCUT2D eigenvalue weighted by molar-refractivity contribution is 5.79. The van der Waals surface area contributed by atoms with Crippen molar-refractivity contribution < 1.29 is 14.3 Å². The Balaban J connectivity index is 1.86. The number of rotatable bonds is 1. The molecule has 2 amide bonds. The lowest BCUT2D eigenvalue weighted by atomic mass is 9.78. The van der Waals surface area contributed by atoms with Gasteiger partial charge in [0.05, 0.1) is 6.10 Å². The van der Waals surface area contributed by atoms with Gasteiger partial charge in [-0.15, -0.1) is 0 Å². The molecular formula is C12H20N2O3.